The molecule has 1 aliphatic heterocycles. The number of benzene rings is 3. The maximum Gasteiger partial charge on any atom is 0.260 e. The van der Waals surface area contributed by atoms with Gasteiger partial charge in [0.1, 0.15) is 11.6 Å². The van der Waals surface area contributed by atoms with E-state index in [-0.39, 0.29) is 24.9 Å². The molecule has 10 heteroatoms. The molecule has 0 spiro atoms. The van der Waals surface area contributed by atoms with Crippen LogP contribution >= 0.6 is 11.6 Å². The molecule has 1 heterocycles. The Morgan fingerprint density at radius 1 is 0.972 bits per heavy atom. The van der Waals surface area contributed by atoms with E-state index in [1.54, 1.807) is 71.6 Å². The van der Waals surface area contributed by atoms with Gasteiger partial charge in [0.2, 0.25) is 10.0 Å². The summed E-state index contributed by atoms with van der Waals surface area (Å²) < 4.78 is 45.8. The normalized spacial score (nSPS) is 14.0. The van der Waals surface area contributed by atoms with Gasteiger partial charge in [-0.2, -0.15) is 0 Å². The number of amides is 1. The van der Waals surface area contributed by atoms with Crippen molar-refractivity contribution < 1.29 is 22.3 Å². The van der Waals surface area contributed by atoms with Crippen LogP contribution in [0.5, 0.6) is 5.75 Å². The number of rotatable bonds is 8. The van der Waals surface area contributed by atoms with Crippen LogP contribution < -0.4 is 13.9 Å². The third-order valence-electron chi connectivity index (χ3n) is 5.95. The fraction of sp³-hybridized carbons (Fsp3) is 0.269. The molecule has 0 radical (unpaired) electrons. The second kappa shape index (κ2) is 11.2. The summed E-state index contributed by atoms with van der Waals surface area (Å²) in [5, 5.41) is 0.577. The summed E-state index contributed by atoms with van der Waals surface area (Å²) >= 11 is 5.92. The highest BCUT2D eigenvalue weighted by Crippen LogP contribution is 2.25. The number of carbonyl (C=O) groups is 1. The molecular formula is C26H27ClFN3O4S. The molecule has 1 saturated heterocycles. The Morgan fingerprint density at radius 3 is 2.22 bits per heavy atom. The maximum absolute atomic E-state index is 14.0. The van der Waals surface area contributed by atoms with Crippen LogP contribution in [-0.2, 0) is 21.4 Å². The van der Waals surface area contributed by atoms with Gasteiger partial charge in [0, 0.05) is 31.2 Å². The van der Waals surface area contributed by atoms with E-state index >= 15 is 0 Å². The Kier molecular flexibility index (Phi) is 8.01. The van der Waals surface area contributed by atoms with Crippen molar-refractivity contribution in [1.29, 1.82) is 0 Å². The van der Waals surface area contributed by atoms with Crippen LogP contribution in [0.4, 0.5) is 15.8 Å². The molecule has 0 unspecified atom stereocenters. The van der Waals surface area contributed by atoms with E-state index in [1.807, 2.05) is 4.90 Å². The van der Waals surface area contributed by atoms with E-state index in [4.69, 9.17) is 16.3 Å². The van der Waals surface area contributed by atoms with E-state index in [0.29, 0.717) is 48.3 Å². The van der Waals surface area contributed by atoms with Gasteiger partial charge in [-0.15, -0.1) is 0 Å². The van der Waals surface area contributed by atoms with Crippen molar-refractivity contribution in [2.75, 3.05) is 48.2 Å². The fourth-order valence-corrected chi connectivity index (χ4v) is 5.02. The van der Waals surface area contributed by atoms with Gasteiger partial charge in [0.05, 0.1) is 24.2 Å². The zero-order valence-corrected chi connectivity index (χ0v) is 21.4. The Balaban J connectivity index is 1.32. The van der Waals surface area contributed by atoms with Gasteiger partial charge in [-0.05, 0) is 54.1 Å². The summed E-state index contributed by atoms with van der Waals surface area (Å²) in [7, 11) is -3.54. The van der Waals surface area contributed by atoms with Crippen LogP contribution in [0.2, 0.25) is 5.02 Å². The zero-order valence-electron chi connectivity index (χ0n) is 19.8. The molecular weight excluding hydrogens is 505 g/mol. The smallest absolute Gasteiger partial charge is 0.260 e. The van der Waals surface area contributed by atoms with E-state index < -0.39 is 10.0 Å². The van der Waals surface area contributed by atoms with Gasteiger partial charge in [0.25, 0.3) is 5.91 Å². The first kappa shape index (κ1) is 25.8. The fourth-order valence-electron chi connectivity index (χ4n) is 4.01. The number of ether oxygens (including phenoxy) is 1. The van der Waals surface area contributed by atoms with Crippen LogP contribution in [0.3, 0.4) is 0 Å². The lowest BCUT2D eigenvalue weighted by Gasteiger charge is -2.36. The minimum atomic E-state index is -3.54. The highest BCUT2D eigenvalue weighted by molar-refractivity contribution is 7.92. The van der Waals surface area contributed by atoms with Crippen molar-refractivity contribution >= 4 is 38.9 Å². The molecule has 0 bridgehead atoms. The first-order chi connectivity index (χ1) is 17.2. The van der Waals surface area contributed by atoms with E-state index in [1.165, 1.54) is 10.4 Å². The van der Waals surface area contributed by atoms with E-state index in [9.17, 15) is 17.6 Å². The first-order valence-corrected chi connectivity index (χ1v) is 13.7. The molecule has 1 amide bonds. The lowest BCUT2D eigenvalue weighted by molar-refractivity contribution is -0.133. The molecule has 3 aromatic carbocycles. The Hall–Kier alpha value is -3.30. The van der Waals surface area contributed by atoms with Gasteiger partial charge in [-0.1, -0.05) is 35.9 Å². The molecule has 4 rings (SSSR count). The van der Waals surface area contributed by atoms with Crippen molar-refractivity contribution in [3.05, 3.63) is 89.2 Å². The second-order valence-corrected chi connectivity index (χ2v) is 10.8. The Bertz CT molecular complexity index is 1300. The van der Waals surface area contributed by atoms with Crippen LogP contribution in [0.1, 0.15) is 5.56 Å². The number of para-hydroxylation sites is 1. The Morgan fingerprint density at radius 2 is 1.61 bits per heavy atom. The second-order valence-electron chi connectivity index (χ2n) is 8.50. The van der Waals surface area contributed by atoms with Gasteiger partial charge >= 0.3 is 0 Å². The number of piperazine rings is 1. The summed E-state index contributed by atoms with van der Waals surface area (Å²) in [5.74, 6) is 0.0245. The highest BCUT2D eigenvalue weighted by Gasteiger charge is 2.23. The number of nitrogens with zero attached hydrogens (tertiary/aromatic N) is 3. The standard InChI is InChI=1S/C26H27ClFN3O4S/c1-36(33,34)31(18-20-6-8-21(27)9-7-20)22-10-12-23(13-11-22)35-19-26(32)30-16-14-29(15-17-30)25-5-3-2-4-24(25)28/h2-13H,14-19H2,1H3. The van der Waals surface area contributed by atoms with Crippen LogP contribution in [0.25, 0.3) is 0 Å². The summed E-state index contributed by atoms with van der Waals surface area (Å²) in [6.07, 6.45) is 1.15. The van der Waals surface area contributed by atoms with Gasteiger partial charge in [-0.25, -0.2) is 12.8 Å². The molecule has 36 heavy (non-hydrogen) atoms. The van der Waals surface area contributed by atoms with Crippen LogP contribution in [0.15, 0.2) is 72.8 Å². The average molecular weight is 532 g/mol. The minimum Gasteiger partial charge on any atom is -0.484 e. The molecule has 1 fully saturated rings. The number of anilines is 2. The van der Waals surface area contributed by atoms with E-state index in [2.05, 4.69) is 0 Å². The predicted octanol–water partition coefficient (Wildman–Crippen LogP) is 4.17. The van der Waals surface area contributed by atoms with Crippen molar-refractivity contribution in [3.8, 4) is 5.75 Å². The lowest BCUT2D eigenvalue weighted by Crippen LogP contribution is -2.50. The summed E-state index contributed by atoms with van der Waals surface area (Å²) in [4.78, 5) is 16.3. The monoisotopic (exact) mass is 531 g/mol. The highest BCUT2D eigenvalue weighted by atomic mass is 35.5. The average Bonchev–Trinajstić information content (AvgIpc) is 2.87. The largest absolute Gasteiger partial charge is 0.484 e. The van der Waals surface area contributed by atoms with Crippen molar-refractivity contribution in [2.24, 2.45) is 0 Å². The topological polar surface area (TPSA) is 70.2 Å². The van der Waals surface area contributed by atoms with Gasteiger partial charge < -0.3 is 14.5 Å². The number of hydrogen-bond acceptors (Lipinski definition) is 5. The molecule has 0 atom stereocenters. The third-order valence-corrected chi connectivity index (χ3v) is 7.34. The summed E-state index contributed by atoms with van der Waals surface area (Å²) in [6, 6.07) is 20.2. The number of sulfonamides is 1. The Labute approximate surface area is 215 Å². The van der Waals surface area contributed by atoms with Gasteiger partial charge in [0.15, 0.2) is 6.61 Å². The molecule has 1 aliphatic rings. The minimum absolute atomic E-state index is 0.139. The SMILES string of the molecule is CS(=O)(=O)N(Cc1ccc(Cl)cc1)c1ccc(OCC(=O)N2CCN(c3ccccc3F)CC2)cc1. The number of hydrogen-bond donors (Lipinski definition) is 0. The summed E-state index contributed by atoms with van der Waals surface area (Å²) in [5.41, 5.74) is 1.82. The first-order valence-electron chi connectivity index (χ1n) is 11.4. The van der Waals surface area contributed by atoms with Gasteiger partial charge in [-0.3, -0.25) is 9.10 Å². The lowest BCUT2D eigenvalue weighted by atomic mass is 10.2. The van der Waals surface area contributed by atoms with Crippen molar-refractivity contribution in [3.63, 3.8) is 0 Å². The molecule has 3 aromatic rings. The quantitative estimate of drug-likeness (QED) is 0.436. The molecule has 0 N–H and O–H groups in total. The molecule has 0 aliphatic carbocycles. The van der Waals surface area contributed by atoms with Crippen molar-refractivity contribution in [2.45, 2.75) is 6.54 Å². The zero-order chi connectivity index (χ0) is 25.7. The summed E-state index contributed by atoms with van der Waals surface area (Å²) in [6.45, 7) is 2.05. The van der Waals surface area contributed by atoms with Crippen molar-refractivity contribution in [1.82, 2.24) is 4.90 Å². The van der Waals surface area contributed by atoms with E-state index in [0.717, 1.165) is 11.8 Å². The molecule has 190 valence electrons. The molecule has 0 saturated carbocycles. The number of carbonyl (C=O) groups excluding carboxylic acids is 1. The maximum atomic E-state index is 14.0. The van der Waals surface area contributed by atoms with Crippen LogP contribution in [-0.4, -0.2) is 58.3 Å². The van der Waals surface area contributed by atoms with Crippen LogP contribution in [0, 0.1) is 5.82 Å². The predicted molar refractivity (Wildman–Crippen MR) is 140 cm³/mol. The third kappa shape index (κ3) is 6.47. The number of halogens is 2. The molecule has 0 aromatic heterocycles. The molecule has 7 nitrogen and oxygen atoms in total.